The molecular weight excluding hydrogens is 310 g/mol. The average molecular weight is 331 g/mol. The van der Waals surface area contributed by atoms with E-state index in [0.717, 1.165) is 16.6 Å². The van der Waals surface area contributed by atoms with Gasteiger partial charge >= 0.3 is 0 Å². The highest BCUT2D eigenvalue weighted by molar-refractivity contribution is 6.05. The minimum Gasteiger partial charge on any atom is -0.508 e. The van der Waals surface area contributed by atoms with Gasteiger partial charge in [-0.05, 0) is 37.1 Å². The molecule has 3 heterocycles. The molecule has 0 bridgehead atoms. The standard InChI is InChI=1S/C21H21N3O/c25-17-8-4-5-14(11-17)19-12-15-13-23-21-18(9-10-22-21)20(15)24(19)16-6-2-1-3-7-16/h4-5,8-13,16,25H,1-3,6-7H2,(H,22,23). The zero-order chi connectivity index (χ0) is 16.8. The van der Waals surface area contributed by atoms with E-state index in [1.807, 2.05) is 24.5 Å². The topological polar surface area (TPSA) is 53.8 Å². The van der Waals surface area contributed by atoms with Crippen LogP contribution in [-0.2, 0) is 0 Å². The third-order valence-electron chi connectivity index (χ3n) is 5.46. The first-order valence-corrected chi connectivity index (χ1v) is 9.08. The molecule has 1 aliphatic rings. The number of fused-ring (bicyclic) bond motifs is 3. The van der Waals surface area contributed by atoms with Crippen LogP contribution in [0.3, 0.4) is 0 Å². The Labute approximate surface area is 146 Å². The number of phenolic OH excluding ortho intramolecular Hbond substituents is 1. The zero-order valence-electron chi connectivity index (χ0n) is 14.1. The summed E-state index contributed by atoms with van der Waals surface area (Å²) in [7, 11) is 0. The van der Waals surface area contributed by atoms with Gasteiger partial charge in [-0.3, -0.25) is 0 Å². The summed E-state index contributed by atoms with van der Waals surface area (Å²) in [5.41, 5.74) is 4.43. The quantitative estimate of drug-likeness (QED) is 0.517. The van der Waals surface area contributed by atoms with Crippen molar-refractivity contribution in [2.45, 2.75) is 38.1 Å². The van der Waals surface area contributed by atoms with Gasteiger partial charge in [0.05, 0.1) is 5.52 Å². The lowest BCUT2D eigenvalue weighted by molar-refractivity contribution is 0.363. The summed E-state index contributed by atoms with van der Waals surface area (Å²) in [5, 5.41) is 12.3. The molecule has 1 aromatic carbocycles. The van der Waals surface area contributed by atoms with E-state index in [1.54, 1.807) is 6.07 Å². The molecule has 126 valence electrons. The van der Waals surface area contributed by atoms with E-state index in [-0.39, 0.29) is 0 Å². The SMILES string of the molecule is Oc1cccc(-c2cc3cnc4[nH]ccc4c3n2C2CCCCC2)c1. The lowest BCUT2D eigenvalue weighted by atomic mass is 9.94. The van der Waals surface area contributed by atoms with E-state index in [9.17, 15) is 5.11 Å². The Morgan fingerprint density at radius 2 is 1.96 bits per heavy atom. The maximum absolute atomic E-state index is 9.96. The van der Waals surface area contributed by atoms with Gasteiger partial charge in [0.1, 0.15) is 11.4 Å². The second kappa shape index (κ2) is 5.66. The summed E-state index contributed by atoms with van der Waals surface area (Å²) in [6.07, 6.45) is 10.2. The molecule has 0 radical (unpaired) electrons. The highest BCUT2D eigenvalue weighted by Gasteiger charge is 2.23. The Bertz CT molecular complexity index is 1050. The largest absolute Gasteiger partial charge is 0.508 e. The number of aromatic hydroxyl groups is 1. The maximum Gasteiger partial charge on any atom is 0.139 e. The van der Waals surface area contributed by atoms with Gasteiger partial charge in [0.2, 0.25) is 0 Å². The van der Waals surface area contributed by atoms with Gasteiger partial charge in [-0.2, -0.15) is 0 Å². The Kier molecular flexibility index (Phi) is 3.30. The molecule has 3 aromatic heterocycles. The number of benzene rings is 1. The van der Waals surface area contributed by atoms with Crippen molar-refractivity contribution in [3.05, 3.63) is 48.8 Å². The predicted octanol–water partition coefficient (Wildman–Crippen LogP) is 5.40. The molecule has 1 fully saturated rings. The molecule has 4 nitrogen and oxygen atoms in total. The smallest absolute Gasteiger partial charge is 0.139 e. The van der Waals surface area contributed by atoms with Crippen molar-refractivity contribution < 1.29 is 5.11 Å². The molecule has 2 N–H and O–H groups in total. The Morgan fingerprint density at radius 1 is 1.08 bits per heavy atom. The molecule has 0 spiro atoms. The Hall–Kier alpha value is -2.75. The number of hydrogen-bond donors (Lipinski definition) is 2. The van der Waals surface area contributed by atoms with Crippen molar-refractivity contribution in [2.24, 2.45) is 0 Å². The zero-order valence-corrected chi connectivity index (χ0v) is 14.1. The molecule has 4 aromatic rings. The highest BCUT2D eigenvalue weighted by Crippen LogP contribution is 2.40. The number of hydrogen-bond acceptors (Lipinski definition) is 2. The van der Waals surface area contributed by atoms with Crippen LogP contribution in [0.5, 0.6) is 5.75 Å². The highest BCUT2D eigenvalue weighted by atomic mass is 16.3. The summed E-state index contributed by atoms with van der Waals surface area (Å²) < 4.78 is 2.50. The van der Waals surface area contributed by atoms with Crippen LogP contribution >= 0.6 is 0 Å². The van der Waals surface area contributed by atoms with Crippen LogP contribution in [0.4, 0.5) is 0 Å². The van der Waals surface area contributed by atoms with Gasteiger partial charge in [0.15, 0.2) is 0 Å². The van der Waals surface area contributed by atoms with Gasteiger partial charge in [-0.25, -0.2) is 4.98 Å². The minimum absolute atomic E-state index is 0.308. The summed E-state index contributed by atoms with van der Waals surface area (Å²) in [6.45, 7) is 0. The minimum atomic E-state index is 0.308. The first kappa shape index (κ1) is 14.6. The molecule has 0 aliphatic heterocycles. The third kappa shape index (κ3) is 2.32. The second-order valence-corrected chi connectivity index (χ2v) is 7.04. The Morgan fingerprint density at radius 3 is 2.80 bits per heavy atom. The molecule has 4 heteroatoms. The van der Waals surface area contributed by atoms with Gasteiger partial charge in [0, 0.05) is 40.5 Å². The van der Waals surface area contributed by atoms with Crippen LogP contribution in [-0.4, -0.2) is 19.6 Å². The molecule has 0 unspecified atom stereocenters. The number of aromatic amines is 1. The molecule has 0 amide bonds. The van der Waals surface area contributed by atoms with E-state index in [4.69, 9.17) is 0 Å². The van der Waals surface area contributed by atoms with Gasteiger partial charge in [0.25, 0.3) is 0 Å². The lowest BCUT2D eigenvalue weighted by Gasteiger charge is -2.27. The van der Waals surface area contributed by atoms with Crippen LogP contribution < -0.4 is 0 Å². The third-order valence-corrected chi connectivity index (χ3v) is 5.46. The number of nitrogens with zero attached hydrogens (tertiary/aromatic N) is 2. The van der Waals surface area contributed by atoms with Crippen LogP contribution in [0.15, 0.2) is 48.8 Å². The van der Waals surface area contributed by atoms with Crippen molar-refractivity contribution in [1.82, 2.24) is 14.5 Å². The number of H-pyrrole nitrogens is 1. The maximum atomic E-state index is 9.96. The predicted molar refractivity (Wildman–Crippen MR) is 101 cm³/mol. The second-order valence-electron chi connectivity index (χ2n) is 7.04. The van der Waals surface area contributed by atoms with Gasteiger partial charge in [-0.1, -0.05) is 31.4 Å². The van der Waals surface area contributed by atoms with Crippen LogP contribution in [0, 0.1) is 0 Å². The van der Waals surface area contributed by atoms with E-state index < -0.39 is 0 Å². The van der Waals surface area contributed by atoms with Gasteiger partial charge in [-0.15, -0.1) is 0 Å². The number of rotatable bonds is 2. The Balaban J connectivity index is 1.84. The first-order valence-electron chi connectivity index (χ1n) is 9.08. The molecule has 0 saturated heterocycles. The van der Waals surface area contributed by atoms with Crippen LogP contribution in [0.2, 0.25) is 0 Å². The molecular formula is C21H21N3O. The van der Waals surface area contributed by atoms with E-state index in [1.165, 1.54) is 48.7 Å². The number of phenols is 1. The number of nitrogens with one attached hydrogen (secondary N) is 1. The fraction of sp³-hybridized carbons (Fsp3) is 0.286. The van der Waals surface area contributed by atoms with Crippen molar-refractivity contribution in [2.75, 3.05) is 0 Å². The molecule has 5 rings (SSSR count). The van der Waals surface area contributed by atoms with E-state index in [0.29, 0.717) is 11.8 Å². The van der Waals surface area contributed by atoms with E-state index in [2.05, 4.69) is 32.7 Å². The van der Waals surface area contributed by atoms with Crippen LogP contribution in [0.25, 0.3) is 33.2 Å². The van der Waals surface area contributed by atoms with Gasteiger partial charge < -0.3 is 14.7 Å². The molecule has 25 heavy (non-hydrogen) atoms. The van der Waals surface area contributed by atoms with Crippen molar-refractivity contribution >= 4 is 21.9 Å². The summed E-state index contributed by atoms with van der Waals surface area (Å²) in [5.74, 6) is 0.308. The fourth-order valence-electron chi connectivity index (χ4n) is 4.33. The first-order chi connectivity index (χ1) is 12.3. The number of aromatic nitrogens is 3. The van der Waals surface area contributed by atoms with Crippen LogP contribution in [0.1, 0.15) is 38.1 Å². The van der Waals surface area contributed by atoms with Crippen molar-refractivity contribution in [3.8, 4) is 17.0 Å². The molecule has 0 atom stereocenters. The monoisotopic (exact) mass is 331 g/mol. The van der Waals surface area contributed by atoms with Crippen molar-refractivity contribution in [3.63, 3.8) is 0 Å². The summed E-state index contributed by atoms with van der Waals surface area (Å²) >= 11 is 0. The number of pyridine rings is 1. The van der Waals surface area contributed by atoms with Crippen molar-refractivity contribution in [1.29, 1.82) is 0 Å². The summed E-state index contributed by atoms with van der Waals surface area (Å²) in [4.78, 5) is 7.80. The average Bonchev–Trinajstić information content (AvgIpc) is 3.26. The summed E-state index contributed by atoms with van der Waals surface area (Å²) in [6, 6.07) is 12.4. The fourth-order valence-corrected chi connectivity index (χ4v) is 4.33. The molecule has 1 saturated carbocycles. The normalized spacial score (nSPS) is 16.0. The van der Waals surface area contributed by atoms with E-state index >= 15 is 0 Å². The lowest BCUT2D eigenvalue weighted by Crippen LogP contribution is -2.13. The molecule has 1 aliphatic carbocycles.